The van der Waals surface area contributed by atoms with Crippen LogP contribution < -0.4 is 0 Å². The average Bonchev–Trinajstić information content (AvgIpc) is 2.54. The summed E-state index contributed by atoms with van der Waals surface area (Å²) in [4.78, 5) is 8.02. The fourth-order valence-corrected chi connectivity index (χ4v) is 2.38. The summed E-state index contributed by atoms with van der Waals surface area (Å²) in [5, 5.41) is 19.1. The normalized spacial score (nSPS) is 16.5. The number of non-ortho nitro benzene ring substituents is 1. The Morgan fingerprint density at radius 1 is 0.875 bits per heavy atom. The summed E-state index contributed by atoms with van der Waals surface area (Å²) < 4.78 is 0. The van der Waals surface area contributed by atoms with Gasteiger partial charge >= 0.3 is 0 Å². The molecule has 7 heteroatoms. The highest BCUT2D eigenvalue weighted by molar-refractivity contribution is 6.24. The number of rotatable bonds is 5. The van der Waals surface area contributed by atoms with Gasteiger partial charge in [-0.15, -0.1) is 0 Å². The van der Waals surface area contributed by atoms with Crippen molar-refractivity contribution in [1.82, 2.24) is 0 Å². The number of alkyl halides is 2. The molecule has 2 atom stereocenters. The third-order valence-corrected chi connectivity index (χ3v) is 4.20. The molecule has 24 heavy (non-hydrogen) atoms. The molecular weight excluding hydrogens is 349 g/mol. The third-order valence-electron chi connectivity index (χ3n) is 3.61. The van der Waals surface area contributed by atoms with Gasteiger partial charge < -0.3 is 0 Å². The molecule has 0 N–H and O–H groups in total. The number of nitrogens with zero attached hydrogens (tertiary/aromatic N) is 3. The van der Waals surface area contributed by atoms with E-state index in [1.807, 2.05) is 31.2 Å². The maximum Gasteiger partial charge on any atom is 0.269 e. The van der Waals surface area contributed by atoms with E-state index in [4.69, 9.17) is 23.2 Å². The SMILES string of the molecule is Cc1ccc(C(C)(Cl)/N=N/C(C)(Cl)c2ccc([N+](=O)[O-])cc2)cc1. The molecule has 0 radical (unpaired) electrons. The molecule has 0 amide bonds. The lowest BCUT2D eigenvalue weighted by atomic mass is 10.1. The Hall–Kier alpha value is -1.98. The fourth-order valence-electron chi connectivity index (χ4n) is 2.05. The molecule has 2 aromatic rings. The van der Waals surface area contributed by atoms with E-state index in [-0.39, 0.29) is 5.69 Å². The number of aryl methyl sites for hydroxylation is 1. The van der Waals surface area contributed by atoms with Crippen LogP contribution in [0.5, 0.6) is 0 Å². The Balaban J connectivity index is 2.24. The molecule has 0 aromatic heterocycles. The summed E-state index contributed by atoms with van der Waals surface area (Å²) in [5.74, 6) is 0. The average molecular weight is 366 g/mol. The van der Waals surface area contributed by atoms with Gasteiger partial charge in [-0.3, -0.25) is 10.1 Å². The lowest BCUT2D eigenvalue weighted by Crippen LogP contribution is -2.14. The van der Waals surface area contributed by atoms with E-state index in [0.717, 1.165) is 11.1 Å². The van der Waals surface area contributed by atoms with Gasteiger partial charge in [0.1, 0.15) is 0 Å². The van der Waals surface area contributed by atoms with Crippen molar-refractivity contribution in [3.63, 3.8) is 0 Å². The van der Waals surface area contributed by atoms with Crippen LogP contribution in [-0.2, 0) is 10.00 Å². The van der Waals surface area contributed by atoms with E-state index < -0.39 is 14.9 Å². The minimum Gasteiger partial charge on any atom is -0.258 e. The minimum absolute atomic E-state index is 0.00927. The molecule has 0 heterocycles. The zero-order chi connectivity index (χ0) is 18.0. The first-order chi connectivity index (χ1) is 11.1. The zero-order valence-electron chi connectivity index (χ0n) is 13.5. The Bertz CT molecular complexity index is 754. The van der Waals surface area contributed by atoms with Gasteiger partial charge in [-0.05, 0) is 44.0 Å². The van der Waals surface area contributed by atoms with E-state index >= 15 is 0 Å². The Morgan fingerprint density at radius 2 is 1.25 bits per heavy atom. The number of nitro benzene ring substituents is 1. The third kappa shape index (κ3) is 4.30. The minimum atomic E-state index is -1.17. The molecule has 0 fully saturated rings. The van der Waals surface area contributed by atoms with Crippen molar-refractivity contribution in [1.29, 1.82) is 0 Å². The van der Waals surface area contributed by atoms with Gasteiger partial charge in [0.05, 0.1) is 4.92 Å². The monoisotopic (exact) mass is 365 g/mol. The van der Waals surface area contributed by atoms with Gasteiger partial charge in [-0.1, -0.05) is 53.0 Å². The second-order valence-corrected chi connectivity index (χ2v) is 7.25. The smallest absolute Gasteiger partial charge is 0.258 e. The molecule has 126 valence electrons. The predicted octanol–water partition coefficient (Wildman–Crippen LogP) is 5.88. The van der Waals surface area contributed by atoms with Crippen molar-refractivity contribution in [3.8, 4) is 0 Å². The molecule has 5 nitrogen and oxygen atoms in total. The van der Waals surface area contributed by atoms with Crippen molar-refractivity contribution >= 4 is 28.9 Å². The molecule has 0 saturated heterocycles. The van der Waals surface area contributed by atoms with E-state index in [2.05, 4.69) is 10.2 Å². The molecule has 0 saturated carbocycles. The van der Waals surface area contributed by atoms with Gasteiger partial charge in [-0.25, -0.2) is 0 Å². The molecule has 0 aliphatic carbocycles. The van der Waals surface area contributed by atoms with Crippen LogP contribution in [0.2, 0.25) is 0 Å². The summed E-state index contributed by atoms with van der Waals surface area (Å²) in [6.07, 6.45) is 0. The zero-order valence-corrected chi connectivity index (χ0v) is 15.0. The largest absolute Gasteiger partial charge is 0.269 e. The number of hydrogen-bond acceptors (Lipinski definition) is 4. The van der Waals surface area contributed by atoms with E-state index in [0.29, 0.717) is 5.56 Å². The topological polar surface area (TPSA) is 67.9 Å². The number of azo groups is 1. The predicted molar refractivity (Wildman–Crippen MR) is 95.5 cm³/mol. The quantitative estimate of drug-likeness (QED) is 0.218. The Labute approximate surface area is 150 Å². The van der Waals surface area contributed by atoms with Crippen LogP contribution >= 0.6 is 23.2 Å². The number of nitro groups is 1. The number of benzene rings is 2. The van der Waals surface area contributed by atoms with Crippen LogP contribution in [0.1, 0.15) is 30.5 Å². The van der Waals surface area contributed by atoms with Gasteiger partial charge in [0, 0.05) is 12.1 Å². The van der Waals surface area contributed by atoms with Crippen LogP contribution in [0.3, 0.4) is 0 Å². The summed E-state index contributed by atoms with van der Waals surface area (Å²) in [6, 6.07) is 13.5. The second-order valence-electron chi connectivity index (χ2n) is 5.78. The van der Waals surface area contributed by atoms with Crippen molar-refractivity contribution in [3.05, 3.63) is 75.3 Å². The number of hydrogen-bond donors (Lipinski definition) is 0. The lowest BCUT2D eigenvalue weighted by Gasteiger charge is -2.21. The van der Waals surface area contributed by atoms with E-state index in [1.54, 1.807) is 26.0 Å². The molecule has 2 rings (SSSR count). The molecule has 0 bridgehead atoms. The fraction of sp³-hybridized carbons (Fsp3) is 0.294. The Kier molecular flexibility index (Phi) is 5.26. The molecule has 0 spiro atoms. The van der Waals surface area contributed by atoms with Gasteiger partial charge in [0.2, 0.25) is 0 Å². The number of halogens is 2. The maximum atomic E-state index is 10.7. The van der Waals surface area contributed by atoms with Crippen LogP contribution in [0.15, 0.2) is 58.8 Å². The molecule has 0 aliphatic rings. The first kappa shape index (κ1) is 18.4. The van der Waals surface area contributed by atoms with Gasteiger partial charge in [0.15, 0.2) is 10.00 Å². The highest BCUT2D eigenvalue weighted by atomic mass is 35.5. The van der Waals surface area contributed by atoms with E-state index in [9.17, 15) is 10.1 Å². The first-order valence-electron chi connectivity index (χ1n) is 7.26. The van der Waals surface area contributed by atoms with Crippen molar-refractivity contribution in [2.45, 2.75) is 30.8 Å². The summed E-state index contributed by atoms with van der Waals surface area (Å²) in [6.45, 7) is 5.37. The van der Waals surface area contributed by atoms with Crippen LogP contribution in [0.4, 0.5) is 5.69 Å². The maximum absolute atomic E-state index is 10.7. The summed E-state index contributed by atoms with van der Waals surface area (Å²) in [5.41, 5.74) is 2.51. The van der Waals surface area contributed by atoms with Gasteiger partial charge in [-0.2, -0.15) is 10.2 Å². The van der Waals surface area contributed by atoms with Crippen LogP contribution in [0.25, 0.3) is 0 Å². The molecule has 2 aromatic carbocycles. The highest BCUT2D eigenvalue weighted by Crippen LogP contribution is 2.36. The van der Waals surface area contributed by atoms with Crippen LogP contribution in [0, 0.1) is 17.0 Å². The Morgan fingerprint density at radius 3 is 1.62 bits per heavy atom. The van der Waals surface area contributed by atoms with Crippen molar-refractivity contribution in [2.24, 2.45) is 10.2 Å². The van der Waals surface area contributed by atoms with E-state index in [1.165, 1.54) is 12.1 Å². The van der Waals surface area contributed by atoms with Crippen LogP contribution in [-0.4, -0.2) is 4.92 Å². The van der Waals surface area contributed by atoms with Gasteiger partial charge in [0.25, 0.3) is 5.69 Å². The second kappa shape index (κ2) is 6.87. The lowest BCUT2D eigenvalue weighted by molar-refractivity contribution is -0.384. The molecule has 2 unspecified atom stereocenters. The first-order valence-corrected chi connectivity index (χ1v) is 8.01. The summed E-state index contributed by atoms with van der Waals surface area (Å²) in [7, 11) is 0. The highest BCUT2D eigenvalue weighted by Gasteiger charge is 2.28. The van der Waals surface area contributed by atoms with Crippen molar-refractivity contribution < 1.29 is 4.92 Å². The molecular formula is C17H17Cl2N3O2. The summed E-state index contributed by atoms with van der Waals surface area (Å²) >= 11 is 12.9. The van der Waals surface area contributed by atoms with Crippen molar-refractivity contribution in [2.75, 3.05) is 0 Å². The molecule has 0 aliphatic heterocycles. The standard InChI is InChI=1S/C17H17Cl2N3O2/c1-12-4-6-13(7-5-12)16(2,18)20-21-17(3,19)14-8-10-15(11-9-14)22(23)24/h4-11H,1-3H3/b21-20+.